The number of ether oxygens (including phenoxy) is 3. The average Bonchev–Trinajstić information content (AvgIpc) is 3.58. The molecule has 0 aromatic heterocycles. The maximum Gasteiger partial charge on any atom is 0.420 e. The van der Waals surface area contributed by atoms with E-state index in [-0.39, 0.29) is 0 Å². The molecule has 2 aliphatic heterocycles. The van der Waals surface area contributed by atoms with Crippen molar-refractivity contribution in [3.8, 4) is 29.4 Å². The van der Waals surface area contributed by atoms with Gasteiger partial charge >= 0.3 is 12.1 Å². The van der Waals surface area contributed by atoms with E-state index in [1.165, 1.54) is 0 Å². The van der Waals surface area contributed by atoms with Crippen LogP contribution in [-0.4, -0.2) is 41.0 Å². The minimum absolute atomic E-state index is 0.419. The predicted molar refractivity (Wildman–Crippen MR) is 126 cm³/mol. The summed E-state index contributed by atoms with van der Waals surface area (Å²) in [6.45, 7) is -0.516. The van der Waals surface area contributed by atoms with Gasteiger partial charge in [-0.3, -0.25) is 4.90 Å². The van der Waals surface area contributed by atoms with Crippen LogP contribution in [0.15, 0.2) is 66.7 Å². The number of fused-ring (bicyclic) bond motifs is 1. The lowest BCUT2D eigenvalue weighted by molar-refractivity contribution is -0.152. The summed E-state index contributed by atoms with van der Waals surface area (Å²) >= 11 is 0. The zero-order valence-electron chi connectivity index (χ0n) is 18.7. The van der Waals surface area contributed by atoms with Crippen LogP contribution in [-0.2, 0) is 19.9 Å². The number of carbonyl (C=O) groups excluding carboxylic acids is 1. The van der Waals surface area contributed by atoms with Crippen molar-refractivity contribution in [1.82, 2.24) is 0 Å². The molecule has 2 heterocycles. The lowest BCUT2D eigenvalue weighted by Gasteiger charge is -2.47. The fourth-order valence-electron chi connectivity index (χ4n) is 5.83. The maximum atomic E-state index is 13.6. The lowest BCUT2D eigenvalue weighted by Crippen LogP contribution is -2.63. The summed E-state index contributed by atoms with van der Waals surface area (Å²) in [7, 11) is 0. The number of allylic oxidation sites excluding steroid dienone is 2. The number of hydrogen-bond donors (Lipinski definition) is 1. The van der Waals surface area contributed by atoms with Gasteiger partial charge in [-0.1, -0.05) is 60.1 Å². The van der Waals surface area contributed by atoms with Gasteiger partial charge in [0.2, 0.25) is 0 Å². The van der Waals surface area contributed by atoms with Crippen molar-refractivity contribution >= 4 is 17.7 Å². The average molecular weight is 467 g/mol. The third-order valence-electron chi connectivity index (χ3n) is 7.11. The Bertz CT molecular complexity index is 1380. The Morgan fingerprint density at radius 3 is 2.66 bits per heavy atom. The number of anilines is 1. The van der Waals surface area contributed by atoms with Gasteiger partial charge in [0.25, 0.3) is 0 Å². The van der Waals surface area contributed by atoms with E-state index < -0.39 is 41.5 Å². The molecule has 0 radical (unpaired) electrons. The Morgan fingerprint density at radius 1 is 1.06 bits per heavy atom. The summed E-state index contributed by atoms with van der Waals surface area (Å²) in [6.07, 6.45) is 4.41. The summed E-state index contributed by atoms with van der Waals surface area (Å²) in [4.78, 5) is 26.7. The molecule has 1 N–H and O–H groups in total. The van der Waals surface area contributed by atoms with Gasteiger partial charge in [0.1, 0.15) is 24.0 Å². The predicted octanol–water partition coefficient (Wildman–Crippen LogP) is 3.64. The second kappa shape index (κ2) is 7.74. The first kappa shape index (κ1) is 21.5. The number of amides is 1. The molecule has 1 amide bonds. The van der Waals surface area contributed by atoms with Gasteiger partial charge in [0.05, 0.1) is 5.69 Å². The quantitative estimate of drug-likeness (QED) is 0.546. The molecule has 7 heteroatoms. The van der Waals surface area contributed by atoms with E-state index in [0.29, 0.717) is 36.3 Å². The first-order chi connectivity index (χ1) is 17.0. The zero-order valence-corrected chi connectivity index (χ0v) is 18.7. The second-order valence-electron chi connectivity index (χ2n) is 8.90. The van der Waals surface area contributed by atoms with Gasteiger partial charge in [-0.2, -0.15) is 0 Å². The molecule has 0 unspecified atom stereocenters. The number of carboxylic acid groups (broad SMARTS) is 1. The van der Waals surface area contributed by atoms with Gasteiger partial charge in [0.15, 0.2) is 11.2 Å². The van der Waals surface area contributed by atoms with E-state index in [1.807, 2.05) is 30.3 Å². The van der Waals surface area contributed by atoms with E-state index in [2.05, 4.69) is 23.7 Å². The Kier molecular flexibility index (Phi) is 4.76. The second-order valence-corrected chi connectivity index (χ2v) is 8.90. The molecule has 7 nitrogen and oxygen atoms in total. The van der Waals surface area contributed by atoms with Gasteiger partial charge in [-0.15, -0.1) is 0 Å². The van der Waals surface area contributed by atoms with Gasteiger partial charge in [-0.05, 0) is 49.6 Å². The molecule has 0 spiro atoms. The highest BCUT2D eigenvalue weighted by Gasteiger charge is 2.87. The molecule has 1 saturated heterocycles. The third-order valence-corrected chi connectivity index (χ3v) is 7.11. The van der Waals surface area contributed by atoms with Gasteiger partial charge in [-0.25, -0.2) is 9.59 Å². The van der Waals surface area contributed by atoms with Crippen LogP contribution in [0, 0.1) is 23.7 Å². The third kappa shape index (κ3) is 2.96. The standard InChI is InChI=1S/C28H21NO6/c30-24(31)19-33-26-16-9-2-1-6-15-23-27(18-10-17-26)28(26,35-27)21-13-7-8-14-22(21)29(23)25(32)34-20-11-4-3-5-12-20/h1-5,7-8,11-14,23H,10,17-19H2,(H,30,31)/t23-,26+,27-,28-/m0/s1. The molecule has 4 bridgehead atoms. The van der Waals surface area contributed by atoms with E-state index in [1.54, 1.807) is 41.3 Å². The van der Waals surface area contributed by atoms with E-state index in [0.717, 1.165) is 0 Å². The van der Waals surface area contributed by atoms with Gasteiger partial charge in [0, 0.05) is 5.56 Å². The Hall–Kier alpha value is -4.04. The van der Waals surface area contributed by atoms with Crippen LogP contribution in [0.4, 0.5) is 10.5 Å². The zero-order chi connectivity index (χ0) is 24.1. The molecular formula is C28H21NO6. The monoisotopic (exact) mass is 467 g/mol. The Balaban J connectivity index is 1.55. The van der Waals surface area contributed by atoms with Gasteiger partial charge < -0.3 is 19.3 Å². The van der Waals surface area contributed by atoms with Crippen LogP contribution in [0.5, 0.6) is 5.75 Å². The van der Waals surface area contributed by atoms with Crippen LogP contribution in [0.1, 0.15) is 24.8 Å². The number of para-hydroxylation sites is 2. The van der Waals surface area contributed by atoms with Crippen molar-refractivity contribution in [1.29, 1.82) is 0 Å². The summed E-state index contributed by atoms with van der Waals surface area (Å²) in [5, 5.41) is 9.42. The topological polar surface area (TPSA) is 88.6 Å². The number of rotatable bonds is 4. The summed E-state index contributed by atoms with van der Waals surface area (Å²) in [6, 6.07) is 15.6. The number of carboxylic acids is 1. The van der Waals surface area contributed by atoms with Crippen molar-refractivity contribution in [3.05, 3.63) is 72.3 Å². The number of carbonyl (C=O) groups is 2. The molecular weight excluding hydrogens is 446 g/mol. The Labute approximate surface area is 202 Å². The smallest absolute Gasteiger partial charge is 0.420 e. The van der Waals surface area contributed by atoms with Crippen molar-refractivity contribution in [2.45, 2.75) is 42.1 Å². The van der Waals surface area contributed by atoms with Crippen LogP contribution in [0.25, 0.3) is 0 Å². The molecule has 174 valence electrons. The highest BCUT2D eigenvalue weighted by atomic mass is 16.7. The molecule has 1 saturated carbocycles. The Morgan fingerprint density at radius 2 is 1.83 bits per heavy atom. The molecule has 6 rings (SSSR count). The lowest BCUT2D eigenvalue weighted by atomic mass is 9.61. The maximum absolute atomic E-state index is 13.6. The molecule has 35 heavy (non-hydrogen) atoms. The molecule has 2 fully saturated rings. The molecule has 2 aromatic carbocycles. The molecule has 2 aliphatic carbocycles. The molecule has 4 aliphatic rings. The summed E-state index contributed by atoms with van der Waals surface area (Å²) in [5.74, 6) is 11.7. The van der Waals surface area contributed by atoms with Crippen molar-refractivity contribution in [3.63, 3.8) is 0 Å². The SMILES string of the molecule is O=C(O)CO[C@@]12C#CC=CC#C[C@@H]3N(C(=O)Oc4ccccc4)c4ccccc4[C@]14O[C@@]34CCC2. The highest BCUT2D eigenvalue weighted by Crippen LogP contribution is 2.74. The van der Waals surface area contributed by atoms with Crippen molar-refractivity contribution in [2.75, 3.05) is 11.5 Å². The van der Waals surface area contributed by atoms with Crippen LogP contribution in [0.2, 0.25) is 0 Å². The number of nitrogens with zero attached hydrogens (tertiary/aromatic N) is 1. The van der Waals surface area contributed by atoms with Crippen LogP contribution >= 0.6 is 0 Å². The first-order valence-corrected chi connectivity index (χ1v) is 11.4. The molecule has 4 atom stereocenters. The normalized spacial score (nSPS) is 30.9. The molecule has 2 aromatic rings. The van der Waals surface area contributed by atoms with E-state index >= 15 is 0 Å². The minimum atomic E-state index is -1.21. The van der Waals surface area contributed by atoms with Crippen LogP contribution in [0.3, 0.4) is 0 Å². The number of aliphatic carboxylic acids is 1. The van der Waals surface area contributed by atoms with E-state index in [4.69, 9.17) is 14.2 Å². The highest BCUT2D eigenvalue weighted by molar-refractivity contribution is 5.94. The largest absolute Gasteiger partial charge is 0.480 e. The fraction of sp³-hybridized carbons (Fsp3) is 0.286. The minimum Gasteiger partial charge on any atom is -0.480 e. The van der Waals surface area contributed by atoms with Crippen molar-refractivity contribution < 1.29 is 28.9 Å². The summed E-state index contributed by atoms with van der Waals surface area (Å²) in [5.41, 5.74) is -1.90. The number of hydrogen-bond acceptors (Lipinski definition) is 5. The summed E-state index contributed by atoms with van der Waals surface area (Å²) < 4.78 is 18.5. The fourth-order valence-corrected chi connectivity index (χ4v) is 5.83. The number of benzene rings is 2. The van der Waals surface area contributed by atoms with Crippen molar-refractivity contribution in [2.24, 2.45) is 0 Å². The number of epoxide rings is 1. The van der Waals surface area contributed by atoms with E-state index in [9.17, 15) is 14.7 Å². The van der Waals surface area contributed by atoms with Crippen LogP contribution < -0.4 is 9.64 Å². The first-order valence-electron chi connectivity index (χ1n) is 11.4.